The highest BCUT2D eigenvalue weighted by Crippen LogP contribution is 2.39. The predicted molar refractivity (Wildman–Crippen MR) is 160 cm³/mol. The summed E-state index contributed by atoms with van der Waals surface area (Å²) in [6.45, 7) is 2.75. The Bertz CT molecular complexity index is 1840. The number of halogens is 3. The third-order valence-electron chi connectivity index (χ3n) is 6.63. The second kappa shape index (κ2) is 13.1. The Labute approximate surface area is 254 Å². The first-order chi connectivity index (χ1) is 21.1. The Balaban J connectivity index is 1.31. The van der Waals surface area contributed by atoms with Crippen LogP contribution in [0.25, 0.3) is 20.9 Å². The van der Waals surface area contributed by atoms with Crippen molar-refractivity contribution in [1.82, 2.24) is 19.4 Å². The summed E-state index contributed by atoms with van der Waals surface area (Å²) >= 11 is 1.37. The van der Waals surface area contributed by atoms with Crippen LogP contribution in [0.15, 0.2) is 60.9 Å². The number of pyridine rings is 1. The third-order valence-corrected chi connectivity index (χ3v) is 7.77. The summed E-state index contributed by atoms with van der Waals surface area (Å²) in [5.74, 6) is -1.61. The number of anilines is 2. The predicted octanol–water partition coefficient (Wildman–Crippen LogP) is 6.55. The van der Waals surface area contributed by atoms with Gasteiger partial charge in [0.2, 0.25) is 5.91 Å². The van der Waals surface area contributed by atoms with Crippen LogP contribution in [0.2, 0.25) is 0 Å². The van der Waals surface area contributed by atoms with Crippen LogP contribution < -0.4 is 15.4 Å². The Morgan fingerprint density at radius 2 is 1.82 bits per heavy atom. The molecule has 3 heterocycles. The average Bonchev–Trinajstić information content (AvgIpc) is 3.57. The number of imidazole rings is 1. The molecule has 0 radical (unpaired) electrons. The van der Waals surface area contributed by atoms with E-state index >= 15 is 4.39 Å². The van der Waals surface area contributed by atoms with Gasteiger partial charge in [-0.3, -0.25) is 9.78 Å². The lowest BCUT2D eigenvalue weighted by Crippen LogP contribution is -2.32. The number of carbonyl (C=O) groups excluding carboxylic acids is 2. The van der Waals surface area contributed by atoms with Crippen LogP contribution in [0.1, 0.15) is 12.6 Å². The van der Waals surface area contributed by atoms with Crippen LogP contribution in [0, 0.1) is 17.5 Å². The topological polar surface area (TPSA) is 111 Å². The van der Waals surface area contributed by atoms with Crippen LogP contribution in [-0.2, 0) is 23.1 Å². The molecule has 0 atom stereocenters. The Morgan fingerprint density at radius 3 is 2.55 bits per heavy atom. The molecule has 14 heteroatoms. The smallest absolute Gasteiger partial charge is 0.323 e. The van der Waals surface area contributed by atoms with Crippen LogP contribution in [0.3, 0.4) is 0 Å². The molecule has 228 valence electrons. The molecular weight excluding hydrogens is 597 g/mol. The van der Waals surface area contributed by atoms with E-state index in [9.17, 15) is 18.4 Å². The largest absolute Gasteiger partial charge is 0.453 e. The minimum atomic E-state index is -0.948. The highest BCUT2D eigenvalue weighted by atomic mass is 32.1. The van der Waals surface area contributed by atoms with Crippen molar-refractivity contribution in [2.24, 2.45) is 7.05 Å². The van der Waals surface area contributed by atoms with Crippen molar-refractivity contribution in [2.45, 2.75) is 13.5 Å². The van der Waals surface area contributed by atoms with Gasteiger partial charge in [-0.05, 0) is 30.3 Å². The summed E-state index contributed by atoms with van der Waals surface area (Å²) in [6, 6.07) is 9.17. The van der Waals surface area contributed by atoms with E-state index in [0.717, 1.165) is 28.8 Å². The number of nitrogens with zero attached hydrogens (tertiary/aromatic N) is 4. The number of benzene rings is 2. The van der Waals surface area contributed by atoms with E-state index in [0.29, 0.717) is 47.6 Å². The van der Waals surface area contributed by atoms with Crippen molar-refractivity contribution in [2.75, 3.05) is 30.9 Å². The second-order valence-electron chi connectivity index (χ2n) is 9.65. The minimum absolute atomic E-state index is 0.0719. The lowest BCUT2D eigenvalue weighted by Gasteiger charge is -2.20. The average molecular weight is 625 g/mol. The lowest BCUT2D eigenvalue weighted by molar-refractivity contribution is -0.130. The van der Waals surface area contributed by atoms with Gasteiger partial charge in [0.1, 0.15) is 23.2 Å². The highest BCUT2D eigenvalue weighted by Gasteiger charge is 2.19. The molecule has 10 nitrogen and oxygen atoms in total. The van der Waals surface area contributed by atoms with Gasteiger partial charge < -0.3 is 29.6 Å². The first-order valence-electron chi connectivity index (χ1n) is 13.3. The molecule has 5 rings (SSSR count). The van der Waals surface area contributed by atoms with E-state index in [-0.39, 0.29) is 23.0 Å². The number of urea groups is 1. The lowest BCUT2D eigenvalue weighted by atomic mass is 10.2. The Hall–Kier alpha value is -4.95. The fourth-order valence-corrected chi connectivity index (χ4v) is 5.42. The van der Waals surface area contributed by atoms with Crippen LogP contribution in [-0.4, -0.2) is 51.6 Å². The highest BCUT2D eigenvalue weighted by molar-refractivity contribution is 7.22. The van der Waals surface area contributed by atoms with E-state index in [2.05, 4.69) is 20.6 Å². The fraction of sp³-hybridized carbons (Fsp3) is 0.200. The molecule has 0 saturated heterocycles. The number of hydrogen-bond donors (Lipinski definition) is 2. The number of rotatable bonds is 10. The summed E-state index contributed by atoms with van der Waals surface area (Å²) in [7, 11) is 3.45. The normalized spacial score (nSPS) is 11.0. The van der Waals surface area contributed by atoms with Gasteiger partial charge in [0, 0.05) is 57.7 Å². The minimum Gasteiger partial charge on any atom is -0.453 e. The molecule has 0 spiro atoms. The standard InChI is InChI=1S/C30H27F3N6O4S/c1-17(40)39(10-11-42-3)16-20-15-35-29(38(20)2)27-14-24-28(44-27)26(8-9-34-24)43-25-7-5-19(13-22(25)33)36-30(41)37-23-6-4-18(31)12-21(23)32/h4-9,12-15H,10-11,16H2,1-3H3,(H2,36,37,41). The monoisotopic (exact) mass is 624 g/mol. The van der Waals surface area contributed by atoms with Gasteiger partial charge in [-0.25, -0.2) is 22.9 Å². The number of aromatic nitrogens is 3. The van der Waals surface area contributed by atoms with E-state index in [1.807, 2.05) is 17.7 Å². The molecule has 2 N–H and O–H groups in total. The van der Waals surface area contributed by atoms with E-state index in [1.165, 1.54) is 30.4 Å². The molecule has 0 aliphatic heterocycles. The molecule has 0 bridgehead atoms. The molecule has 3 aromatic heterocycles. The molecule has 5 aromatic rings. The van der Waals surface area contributed by atoms with Gasteiger partial charge in [0.25, 0.3) is 0 Å². The quantitative estimate of drug-likeness (QED) is 0.183. The molecular formula is C30H27F3N6O4S. The van der Waals surface area contributed by atoms with Gasteiger partial charge >= 0.3 is 6.03 Å². The maximum absolute atomic E-state index is 15.0. The van der Waals surface area contributed by atoms with Gasteiger partial charge in [-0.15, -0.1) is 11.3 Å². The van der Waals surface area contributed by atoms with Crippen molar-refractivity contribution in [3.05, 3.63) is 84.1 Å². The van der Waals surface area contributed by atoms with Crippen molar-refractivity contribution in [3.63, 3.8) is 0 Å². The Morgan fingerprint density at radius 1 is 1.00 bits per heavy atom. The molecule has 3 amide bonds. The van der Waals surface area contributed by atoms with Crippen molar-refractivity contribution in [3.8, 4) is 22.2 Å². The van der Waals surface area contributed by atoms with E-state index in [4.69, 9.17) is 9.47 Å². The Kier molecular flexibility index (Phi) is 9.11. The number of ether oxygens (including phenoxy) is 2. The van der Waals surface area contributed by atoms with Gasteiger partial charge in [0.05, 0.1) is 45.8 Å². The molecule has 0 fully saturated rings. The van der Waals surface area contributed by atoms with Crippen LogP contribution in [0.5, 0.6) is 11.5 Å². The number of fused-ring (bicyclic) bond motifs is 1. The summed E-state index contributed by atoms with van der Waals surface area (Å²) < 4.78 is 55.5. The molecule has 0 saturated carbocycles. The zero-order valence-corrected chi connectivity index (χ0v) is 24.7. The van der Waals surface area contributed by atoms with Gasteiger partial charge in [0.15, 0.2) is 11.6 Å². The zero-order chi connectivity index (χ0) is 31.4. The summed E-state index contributed by atoms with van der Waals surface area (Å²) in [6.07, 6.45) is 3.26. The second-order valence-corrected chi connectivity index (χ2v) is 10.7. The van der Waals surface area contributed by atoms with Crippen molar-refractivity contribution in [1.29, 1.82) is 0 Å². The molecule has 0 unspecified atom stereocenters. The molecule has 0 aliphatic rings. The number of methoxy groups -OCH3 is 1. The summed E-state index contributed by atoms with van der Waals surface area (Å²) in [4.78, 5) is 35.8. The number of hydrogen-bond acceptors (Lipinski definition) is 7. The maximum Gasteiger partial charge on any atom is 0.323 e. The number of amides is 3. The van der Waals surface area contributed by atoms with Crippen LogP contribution in [0.4, 0.5) is 29.3 Å². The SMILES string of the molecule is COCCN(Cc1cnc(-c2cc3nccc(Oc4ccc(NC(=O)Nc5ccc(F)cc5F)cc4F)c3s2)n1C)C(C)=O. The summed E-state index contributed by atoms with van der Waals surface area (Å²) in [5.41, 5.74) is 1.31. The zero-order valence-electron chi connectivity index (χ0n) is 23.9. The van der Waals surface area contributed by atoms with Crippen LogP contribution >= 0.6 is 11.3 Å². The number of nitrogens with one attached hydrogen (secondary N) is 2. The van der Waals surface area contributed by atoms with E-state index < -0.39 is 23.5 Å². The fourth-order valence-electron chi connectivity index (χ4n) is 4.33. The van der Waals surface area contributed by atoms with Crippen molar-refractivity contribution < 1.29 is 32.2 Å². The third kappa shape index (κ3) is 6.82. The van der Waals surface area contributed by atoms with E-state index in [1.54, 1.807) is 30.5 Å². The maximum atomic E-state index is 15.0. The van der Waals surface area contributed by atoms with Gasteiger partial charge in [-0.1, -0.05) is 0 Å². The van der Waals surface area contributed by atoms with Gasteiger partial charge in [-0.2, -0.15) is 0 Å². The first-order valence-corrected chi connectivity index (χ1v) is 14.1. The molecule has 2 aromatic carbocycles. The number of thiophene rings is 1. The first kappa shape index (κ1) is 30.5. The number of carbonyl (C=O) groups is 2. The summed E-state index contributed by atoms with van der Waals surface area (Å²) in [5, 5.41) is 4.64. The molecule has 0 aliphatic carbocycles. The molecule has 44 heavy (non-hydrogen) atoms. The van der Waals surface area contributed by atoms with Crippen molar-refractivity contribution >= 4 is 44.9 Å².